The Hall–Kier alpha value is -3.39. The van der Waals surface area contributed by atoms with Gasteiger partial charge in [-0.15, -0.1) is 0 Å². The number of hydrogen-bond acceptors (Lipinski definition) is 7. The SMILES string of the molecule is COC(=O)C1=C(C(=O)OC)N(c2c(Cl)cc(C(F)(F)F)c(Cl)c2Cl)C(N)=C(C#N)C1c1ccccc1. The van der Waals surface area contributed by atoms with E-state index in [0.717, 1.165) is 19.1 Å². The molecule has 0 saturated carbocycles. The first kappa shape index (κ1) is 27.2. The number of esters is 2. The van der Waals surface area contributed by atoms with Crippen LogP contribution in [0.3, 0.4) is 0 Å². The number of nitrogens with two attached hydrogens (primary N) is 1. The van der Waals surface area contributed by atoms with Crippen molar-refractivity contribution in [3.8, 4) is 6.07 Å². The number of allylic oxidation sites excluding steroid dienone is 1. The quantitative estimate of drug-likeness (QED) is 0.385. The van der Waals surface area contributed by atoms with Crippen molar-refractivity contribution in [2.75, 3.05) is 19.1 Å². The lowest BCUT2D eigenvalue weighted by atomic mass is 9.81. The van der Waals surface area contributed by atoms with Crippen molar-refractivity contribution in [3.63, 3.8) is 0 Å². The van der Waals surface area contributed by atoms with Crippen LogP contribution in [0.2, 0.25) is 15.1 Å². The zero-order chi connectivity index (χ0) is 26.9. The number of carbonyl (C=O) groups excluding carboxylic acids is 2. The monoisotopic (exact) mass is 559 g/mol. The predicted molar refractivity (Wildman–Crippen MR) is 126 cm³/mol. The van der Waals surface area contributed by atoms with E-state index in [1.165, 1.54) is 0 Å². The van der Waals surface area contributed by atoms with Crippen LogP contribution in [0.4, 0.5) is 18.9 Å². The van der Waals surface area contributed by atoms with Gasteiger partial charge < -0.3 is 15.2 Å². The van der Waals surface area contributed by atoms with Gasteiger partial charge in [0, 0.05) is 0 Å². The molecule has 0 radical (unpaired) electrons. The van der Waals surface area contributed by atoms with Crippen LogP contribution in [0.25, 0.3) is 0 Å². The Kier molecular flexibility index (Phi) is 7.79. The van der Waals surface area contributed by atoms with Crippen molar-refractivity contribution in [2.24, 2.45) is 5.73 Å². The topological polar surface area (TPSA) is 106 Å². The number of carbonyl (C=O) groups is 2. The first-order valence-electron chi connectivity index (χ1n) is 9.80. The summed E-state index contributed by atoms with van der Waals surface area (Å²) in [6.45, 7) is 0. The summed E-state index contributed by atoms with van der Waals surface area (Å²) in [5.74, 6) is -3.82. The van der Waals surface area contributed by atoms with Gasteiger partial charge in [0.1, 0.15) is 11.5 Å². The lowest BCUT2D eigenvalue weighted by Crippen LogP contribution is -2.41. The van der Waals surface area contributed by atoms with E-state index in [1.54, 1.807) is 30.3 Å². The van der Waals surface area contributed by atoms with Gasteiger partial charge in [-0.05, 0) is 11.6 Å². The second-order valence-electron chi connectivity index (χ2n) is 7.22. The van der Waals surface area contributed by atoms with Gasteiger partial charge in [-0.3, -0.25) is 4.90 Å². The summed E-state index contributed by atoms with van der Waals surface area (Å²) in [4.78, 5) is 26.8. The average molecular weight is 561 g/mol. The number of benzene rings is 2. The summed E-state index contributed by atoms with van der Waals surface area (Å²) < 4.78 is 50.1. The fraction of sp³-hybridized carbons (Fsp3) is 0.174. The van der Waals surface area contributed by atoms with Gasteiger partial charge in [0.15, 0.2) is 0 Å². The van der Waals surface area contributed by atoms with Crippen LogP contribution in [0.1, 0.15) is 17.0 Å². The van der Waals surface area contributed by atoms with Gasteiger partial charge in [-0.2, -0.15) is 18.4 Å². The molecule has 2 aromatic carbocycles. The molecular formula is C23H15Cl3F3N3O4. The van der Waals surface area contributed by atoms with Gasteiger partial charge in [0.25, 0.3) is 0 Å². The highest BCUT2D eigenvalue weighted by atomic mass is 35.5. The molecule has 1 unspecified atom stereocenters. The molecule has 0 bridgehead atoms. The van der Waals surface area contributed by atoms with E-state index < -0.39 is 61.9 Å². The third-order valence-corrected chi connectivity index (χ3v) is 6.42. The predicted octanol–water partition coefficient (Wildman–Crippen LogP) is 5.56. The lowest BCUT2D eigenvalue weighted by Gasteiger charge is -2.36. The number of rotatable bonds is 4. The maximum Gasteiger partial charge on any atom is 0.417 e. The molecule has 1 atom stereocenters. The molecule has 0 saturated heterocycles. The molecule has 0 aliphatic carbocycles. The number of halogens is 6. The Morgan fingerprint density at radius 1 is 1.06 bits per heavy atom. The standard InChI is InChI=1S/C23H15Cl3F3N3O4/c1-35-21(33)15-14(10-6-4-3-5-7-10)11(9-30)20(31)32(19(15)22(34)36-2)18-13(24)8-12(23(27,28)29)16(25)17(18)26/h3-8,14H,31H2,1-2H3. The minimum atomic E-state index is -4.92. The van der Waals surface area contributed by atoms with Crippen LogP contribution < -0.4 is 10.6 Å². The highest BCUT2D eigenvalue weighted by molar-refractivity contribution is 6.47. The molecular weight excluding hydrogens is 546 g/mol. The largest absolute Gasteiger partial charge is 0.466 e. The third kappa shape index (κ3) is 4.57. The van der Waals surface area contributed by atoms with E-state index in [-0.39, 0.29) is 11.1 Å². The van der Waals surface area contributed by atoms with Crippen LogP contribution in [0, 0.1) is 11.3 Å². The Morgan fingerprint density at radius 3 is 2.14 bits per heavy atom. The molecule has 7 nitrogen and oxygen atoms in total. The van der Waals surface area contributed by atoms with Gasteiger partial charge in [-0.1, -0.05) is 65.1 Å². The summed E-state index contributed by atoms with van der Waals surface area (Å²) in [5, 5.41) is 7.71. The highest BCUT2D eigenvalue weighted by Gasteiger charge is 2.45. The Morgan fingerprint density at radius 2 is 1.64 bits per heavy atom. The van der Waals surface area contributed by atoms with Crippen LogP contribution in [0.5, 0.6) is 0 Å². The molecule has 2 aromatic rings. The molecule has 1 aliphatic heterocycles. The van der Waals surface area contributed by atoms with Crippen molar-refractivity contribution < 1.29 is 32.2 Å². The van der Waals surface area contributed by atoms with Crippen molar-refractivity contribution >= 4 is 52.4 Å². The molecule has 0 fully saturated rings. The number of anilines is 1. The summed E-state index contributed by atoms with van der Waals surface area (Å²) in [7, 11) is 2.04. The van der Waals surface area contributed by atoms with E-state index in [2.05, 4.69) is 0 Å². The number of ether oxygens (including phenoxy) is 2. The van der Waals surface area contributed by atoms with E-state index in [4.69, 9.17) is 50.0 Å². The first-order chi connectivity index (χ1) is 16.9. The molecule has 36 heavy (non-hydrogen) atoms. The third-order valence-electron chi connectivity index (χ3n) is 5.27. The van der Waals surface area contributed by atoms with Crippen LogP contribution in [-0.4, -0.2) is 26.2 Å². The Labute approximate surface area is 218 Å². The average Bonchev–Trinajstić information content (AvgIpc) is 2.85. The molecule has 0 aromatic heterocycles. The molecule has 13 heteroatoms. The zero-order valence-corrected chi connectivity index (χ0v) is 20.7. The summed E-state index contributed by atoms with van der Waals surface area (Å²) in [6, 6.07) is 10.5. The van der Waals surface area contributed by atoms with E-state index >= 15 is 0 Å². The number of nitrogens with zero attached hydrogens (tertiary/aromatic N) is 2. The summed E-state index contributed by atoms with van der Waals surface area (Å²) >= 11 is 18.3. The van der Waals surface area contributed by atoms with Crippen LogP contribution >= 0.6 is 34.8 Å². The summed E-state index contributed by atoms with van der Waals surface area (Å²) in [5.41, 5.74) is 3.67. The van der Waals surface area contributed by atoms with Crippen LogP contribution in [-0.2, 0) is 25.2 Å². The van der Waals surface area contributed by atoms with Gasteiger partial charge in [-0.25, -0.2) is 9.59 Å². The first-order valence-corrected chi connectivity index (χ1v) is 10.9. The zero-order valence-electron chi connectivity index (χ0n) is 18.4. The molecule has 188 valence electrons. The minimum Gasteiger partial charge on any atom is -0.466 e. The van der Waals surface area contributed by atoms with Crippen molar-refractivity contribution in [1.29, 1.82) is 5.26 Å². The van der Waals surface area contributed by atoms with Crippen molar-refractivity contribution in [1.82, 2.24) is 0 Å². The minimum absolute atomic E-state index is 0.239. The van der Waals surface area contributed by atoms with E-state index in [0.29, 0.717) is 11.6 Å². The van der Waals surface area contributed by atoms with E-state index in [1.807, 2.05) is 6.07 Å². The van der Waals surface area contributed by atoms with Crippen molar-refractivity contribution in [3.05, 3.63) is 85.3 Å². The molecule has 1 aliphatic rings. The summed E-state index contributed by atoms with van der Waals surface area (Å²) in [6.07, 6.45) is -4.92. The molecule has 0 spiro atoms. The van der Waals surface area contributed by atoms with Gasteiger partial charge in [0.2, 0.25) is 0 Å². The molecule has 0 amide bonds. The fourth-order valence-electron chi connectivity index (χ4n) is 3.74. The Balaban J connectivity index is 2.50. The van der Waals surface area contributed by atoms with Gasteiger partial charge >= 0.3 is 18.1 Å². The maximum absolute atomic E-state index is 13.5. The van der Waals surface area contributed by atoms with Crippen molar-refractivity contribution in [2.45, 2.75) is 12.1 Å². The number of hydrogen-bond donors (Lipinski definition) is 1. The number of alkyl halides is 3. The van der Waals surface area contributed by atoms with E-state index in [9.17, 15) is 28.0 Å². The lowest BCUT2D eigenvalue weighted by molar-refractivity contribution is -0.139. The van der Waals surface area contributed by atoms with Gasteiger partial charge in [0.05, 0.1) is 63.7 Å². The second-order valence-corrected chi connectivity index (χ2v) is 8.38. The number of nitriles is 1. The molecule has 2 N–H and O–H groups in total. The Bertz CT molecular complexity index is 1350. The number of methoxy groups -OCH3 is 2. The smallest absolute Gasteiger partial charge is 0.417 e. The highest BCUT2D eigenvalue weighted by Crippen LogP contribution is 2.51. The fourth-order valence-corrected chi connectivity index (χ4v) is 4.62. The maximum atomic E-state index is 13.5. The molecule has 3 rings (SSSR count). The molecule has 1 heterocycles. The second kappa shape index (κ2) is 10.3. The van der Waals surface area contributed by atoms with Crippen LogP contribution in [0.15, 0.2) is 59.1 Å². The normalized spacial score (nSPS) is 16.1.